The van der Waals surface area contributed by atoms with E-state index in [-0.39, 0.29) is 11.2 Å². The van der Waals surface area contributed by atoms with Crippen LogP contribution in [0.25, 0.3) is 0 Å². The van der Waals surface area contributed by atoms with Crippen molar-refractivity contribution in [3.63, 3.8) is 0 Å². The van der Waals surface area contributed by atoms with Crippen LogP contribution >= 0.6 is 0 Å². The van der Waals surface area contributed by atoms with Crippen LogP contribution in [0, 0.1) is 23.2 Å². The van der Waals surface area contributed by atoms with Gasteiger partial charge >= 0.3 is 0 Å². The Balaban J connectivity index is 4.58. The lowest BCUT2D eigenvalue weighted by molar-refractivity contribution is -0.126. The highest BCUT2D eigenvalue weighted by Gasteiger charge is 2.31. The maximum Gasteiger partial charge on any atom is 0.158 e. The molecule has 0 rings (SSSR count). The molecule has 0 heterocycles. The van der Waals surface area contributed by atoms with E-state index < -0.39 is 0 Å². The van der Waals surface area contributed by atoms with Crippen LogP contribution in [0.15, 0.2) is 0 Å². The average molecular weight is 313 g/mol. The molecular weight excluding hydrogens is 272 g/mol. The average Bonchev–Trinajstić information content (AvgIpc) is 2.36. The summed E-state index contributed by atoms with van der Waals surface area (Å²) in [6, 6.07) is 0. The molecule has 2 heteroatoms. The maximum atomic E-state index is 12.0. The van der Waals surface area contributed by atoms with Crippen LogP contribution in [0.2, 0.25) is 0 Å². The highest BCUT2D eigenvalue weighted by molar-refractivity contribution is 5.79. The molecule has 0 saturated heterocycles. The van der Waals surface area contributed by atoms with Crippen LogP contribution in [-0.2, 0) is 9.53 Å². The summed E-state index contributed by atoms with van der Waals surface area (Å²) in [6.45, 7) is 16.7. The molecule has 1 unspecified atom stereocenters. The van der Waals surface area contributed by atoms with Gasteiger partial charge in [-0.25, -0.2) is 0 Å². The Morgan fingerprint density at radius 2 is 1.55 bits per heavy atom. The van der Waals surface area contributed by atoms with Crippen molar-refractivity contribution in [1.82, 2.24) is 0 Å². The SMILES string of the molecule is CCCC(COCC(=O)CC(C)CC)(CC(C)C)CC(C)C. The number of Topliss-reactive ketones (excluding diaryl/α,β-unsaturated/α-hetero) is 1. The van der Waals surface area contributed by atoms with Crippen molar-refractivity contribution in [3.8, 4) is 0 Å². The molecular formula is C20H40O2. The third-order valence-corrected chi connectivity index (χ3v) is 4.41. The Morgan fingerprint density at radius 3 is 1.95 bits per heavy atom. The number of rotatable bonds is 13. The number of carbonyl (C=O) groups is 1. The zero-order chi connectivity index (χ0) is 17.2. The number of ketones is 1. The first kappa shape index (κ1) is 21.6. The van der Waals surface area contributed by atoms with Gasteiger partial charge < -0.3 is 4.74 Å². The van der Waals surface area contributed by atoms with Crippen molar-refractivity contribution in [1.29, 1.82) is 0 Å². The van der Waals surface area contributed by atoms with Crippen LogP contribution in [0.1, 0.15) is 87.0 Å². The molecule has 2 nitrogen and oxygen atoms in total. The van der Waals surface area contributed by atoms with Gasteiger partial charge in [0.1, 0.15) is 6.61 Å². The molecule has 0 saturated carbocycles. The first-order valence-electron chi connectivity index (χ1n) is 9.34. The minimum Gasteiger partial charge on any atom is -0.373 e. The zero-order valence-corrected chi connectivity index (χ0v) is 16.2. The molecule has 0 fully saturated rings. The fourth-order valence-corrected chi connectivity index (χ4v) is 3.71. The fourth-order valence-electron chi connectivity index (χ4n) is 3.71. The molecule has 0 aromatic carbocycles. The van der Waals surface area contributed by atoms with Crippen molar-refractivity contribution >= 4 is 5.78 Å². The van der Waals surface area contributed by atoms with E-state index >= 15 is 0 Å². The molecule has 0 aromatic heterocycles. The van der Waals surface area contributed by atoms with Crippen molar-refractivity contribution in [2.75, 3.05) is 13.2 Å². The van der Waals surface area contributed by atoms with Gasteiger partial charge in [0.2, 0.25) is 0 Å². The van der Waals surface area contributed by atoms with Crippen LogP contribution in [0.4, 0.5) is 0 Å². The van der Waals surface area contributed by atoms with Crippen molar-refractivity contribution < 1.29 is 9.53 Å². The summed E-state index contributed by atoms with van der Waals surface area (Å²) in [5, 5.41) is 0. The third-order valence-electron chi connectivity index (χ3n) is 4.41. The molecule has 22 heavy (non-hydrogen) atoms. The summed E-state index contributed by atoms with van der Waals surface area (Å²) in [5.41, 5.74) is 0.244. The van der Waals surface area contributed by atoms with Gasteiger partial charge in [-0.1, -0.05) is 61.3 Å². The lowest BCUT2D eigenvalue weighted by Gasteiger charge is -2.36. The molecule has 0 radical (unpaired) electrons. The summed E-state index contributed by atoms with van der Waals surface area (Å²) in [7, 11) is 0. The standard InChI is InChI=1S/C20H40O2/c1-8-10-20(12-16(3)4,13-17(5)6)15-22-14-19(21)11-18(7)9-2/h16-18H,8-15H2,1-7H3. The van der Waals surface area contributed by atoms with E-state index in [0.717, 1.165) is 13.0 Å². The lowest BCUT2D eigenvalue weighted by atomic mass is 9.72. The molecule has 0 N–H and O–H groups in total. The Bertz CT molecular complexity index is 284. The predicted octanol–water partition coefficient (Wildman–Crippen LogP) is 5.89. The quantitative estimate of drug-likeness (QED) is 0.424. The normalized spacial score (nSPS) is 13.9. The molecule has 0 aromatic rings. The molecule has 0 aliphatic heterocycles. The Morgan fingerprint density at radius 1 is 1.00 bits per heavy atom. The summed E-state index contributed by atoms with van der Waals surface area (Å²) >= 11 is 0. The summed E-state index contributed by atoms with van der Waals surface area (Å²) in [4.78, 5) is 12.0. The monoisotopic (exact) mass is 312 g/mol. The van der Waals surface area contributed by atoms with Crippen LogP contribution < -0.4 is 0 Å². The topological polar surface area (TPSA) is 26.3 Å². The Kier molecular flexibility index (Phi) is 11.0. The molecule has 0 bridgehead atoms. The van der Waals surface area contributed by atoms with E-state index in [1.807, 2.05) is 0 Å². The van der Waals surface area contributed by atoms with Gasteiger partial charge in [0.25, 0.3) is 0 Å². The van der Waals surface area contributed by atoms with Crippen molar-refractivity contribution in [2.24, 2.45) is 23.2 Å². The largest absolute Gasteiger partial charge is 0.373 e. The second-order valence-corrected chi connectivity index (χ2v) is 8.19. The van der Waals surface area contributed by atoms with Gasteiger partial charge in [-0.2, -0.15) is 0 Å². The molecule has 0 amide bonds. The smallest absolute Gasteiger partial charge is 0.158 e. The second-order valence-electron chi connectivity index (χ2n) is 8.19. The van der Waals surface area contributed by atoms with Gasteiger partial charge in [0, 0.05) is 6.42 Å². The van der Waals surface area contributed by atoms with Crippen molar-refractivity contribution in [2.45, 2.75) is 87.0 Å². The Hall–Kier alpha value is -0.370. The van der Waals surface area contributed by atoms with E-state index in [4.69, 9.17) is 4.74 Å². The third kappa shape index (κ3) is 9.61. The molecule has 0 aliphatic rings. The molecule has 0 spiro atoms. The van der Waals surface area contributed by atoms with Gasteiger partial charge in [-0.15, -0.1) is 0 Å². The number of hydrogen-bond acceptors (Lipinski definition) is 2. The summed E-state index contributed by atoms with van der Waals surface area (Å²) in [5.74, 6) is 2.08. The minimum absolute atomic E-state index is 0.244. The van der Waals surface area contributed by atoms with Crippen LogP contribution in [0.5, 0.6) is 0 Å². The van der Waals surface area contributed by atoms with E-state index in [9.17, 15) is 4.79 Å². The summed E-state index contributed by atoms with van der Waals surface area (Å²) < 4.78 is 5.91. The van der Waals surface area contributed by atoms with Gasteiger partial charge in [0.05, 0.1) is 6.61 Å². The predicted molar refractivity (Wildman–Crippen MR) is 96.1 cm³/mol. The fraction of sp³-hybridized carbons (Fsp3) is 0.950. The van der Waals surface area contributed by atoms with Crippen molar-refractivity contribution in [3.05, 3.63) is 0 Å². The minimum atomic E-state index is 0.244. The van der Waals surface area contributed by atoms with E-state index in [0.29, 0.717) is 30.8 Å². The maximum absolute atomic E-state index is 12.0. The first-order valence-corrected chi connectivity index (χ1v) is 9.34. The van der Waals surface area contributed by atoms with E-state index in [1.54, 1.807) is 0 Å². The van der Waals surface area contributed by atoms with Crippen LogP contribution in [-0.4, -0.2) is 19.0 Å². The second kappa shape index (κ2) is 11.2. The van der Waals surface area contributed by atoms with Crippen LogP contribution in [0.3, 0.4) is 0 Å². The van der Waals surface area contributed by atoms with E-state index in [2.05, 4.69) is 48.5 Å². The number of hydrogen-bond donors (Lipinski definition) is 0. The number of ether oxygens (including phenoxy) is 1. The van der Waals surface area contributed by atoms with Gasteiger partial charge in [-0.3, -0.25) is 4.79 Å². The molecule has 132 valence electrons. The van der Waals surface area contributed by atoms with E-state index in [1.165, 1.54) is 25.7 Å². The van der Waals surface area contributed by atoms with Gasteiger partial charge in [-0.05, 0) is 42.4 Å². The zero-order valence-electron chi connectivity index (χ0n) is 16.2. The highest BCUT2D eigenvalue weighted by atomic mass is 16.5. The lowest BCUT2D eigenvalue weighted by Crippen LogP contribution is -2.31. The number of carbonyl (C=O) groups excluding carboxylic acids is 1. The summed E-state index contributed by atoms with van der Waals surface area (Å²) in [6.07, 6.45) is 6.49. The van der Waals surface area contributed by atoms with Gasteiger partial charge in [0.15, 0.2) is 5.78 Å². The molecule has 1 atom stereocenters. The Labute approximate surface area is 139 Å². The highest BCUT2D eigenvalue weighted by Crippen LogP contribution is 2.38. The molecule has 0 aliphatic carbocycles. The first-order chi connectivity index (χ1) is 10.2.